The number of alkyl halides is 1. The minimum absolute atomic E-state index is 0.225. The molecule has 1 fully saturated rings. The van der Waals surface area contributed by atoms with Crippen molar-refractivity contribution in [2.45, 2.75) is 71.1 Å². The van der Waals surface area contributed by atoms with Crippen molar-refractivity contribution in [1.82, 2.24) is 0 Å². The second-order valence-corrected chi connectivity index (χ2v) is 8.87. The van der Waals surface area contributed by atoms with Crippen LogP contribution < -0.4 is 0 Å². The molecule has 0 aromatic heterocycles. The van der Waals surface area contributed by atoms with Gasteiger partial charge in [0.25, 0.3) is 0 Å². The van der Waals surface area contributed by atoms with Crippen LogP contribution in [0.15, 0.2) is 60.7 Å². The van der Waals surface area contributed by atoms with Gasteiger partial charge in [0.15, 0.2) is 0 Å². The number of allylic oxidation sites excluding steroid dienone is 2. The molecule has 0 nitrogen and oxygen atoms in total. The van der Waals surface area contributed by atoms with Gasteiger partial charge in [0.1, 0.15) is 0 Å². The fourth-order valence-electron chi connectivity index (χ4n) is 4.61. The molecule has 0 N–H and O–H groups in total. The monoisotopic (exact) mass is 392 g/mol. The number of aryl methyl sites for hydroxylation is 2. The number of benzene rings is 2. The Kier molecular flexibility index (Phi) is 8.99. The average molecular weight is 393 g/mol. The molecule has 1 aliphatic carbocycles. The van der Waals surface area contributed by atoms with Gasteiger partial charge in [0, 0.05) is 0 Å². The van der Waals surface area contributed by atoms with Crippen molar-refractivity contribution in [2.75, 3.05) is 6.67 Å². The van der Waals surface area contributed by atoms with Gasteiger partial charge in [0.05, 0.1) is 6.67 Å². The Morgan fingerprint density at radius 3 is 1.93 bits per heavy atom. The average Bonchev–Trinajstić information content (AvgIpc) is 2.76. The second kappa shape index (κ2) is 12.0. The highest BCUT2D eigenvalue weighted by atomic mass is 19.1. The minimum atomic E-state index is -0.225. The van der Waals surface area contributed by atoms with Crippen molar-refractivity contribution in [2.24, 2.45) is 11.8 Å². The summed E-state index contributed by atoms with van der Waals surface area (Å²) in [5.41, 5.74) is 5.40. The fourth-order valence-corrected chi connectivity index (χ4v) is 4.61. The lowest BCUT2D eigenvalue weighted by Crippen LogP contribution is -2.15. The largest absolute Gasteiger partial charge is 0.251 e. The van der Waals surface area contributed by atoms with E-state index in [4.69, 9.17) is 0 Å². The quantitative estimate of drug-likeness (QED) is 0.281. The van der Waals surface area contributed by atoms with Crippen molar-refractivity contribution >= 4 is 0 Å². The highest BCUT2D eigenvalue weighted by molar-refractivity contribution is 5.63. The fraction of sp³-hybridized carbons (Fsp3) is 0.500. The highest BCUT2D eigenvalue weighted by Gasteiger charge is 2.20. The number of hydrogen-bond acceptors (Lipinski definition) is 0. The Bertz CT molecular complexity index is 718. The van der Waals surface area contributed by atoms with E-state index >= 15 is 0 Å². The van der Waals surface area contributed by atoms with E-state index < -0.39 is 0 Å². The molecule has 0 aliphatic heterocycles. The van der Waals surface area contributed by atoms with Gasteiger partial charge in [-0.3, -0.25) is 4.39 Å². The van der Waals surface area contributed by atoms with Crippen LogP contribution in [0.3, 0.4) is 0 Å². The van der Waals surface area contributed by atoms with Crippen LogP contribution in [-0.4, -0.2) is 6.67 Å². The molecule has 156 valence electrons. The molecule has 2 aromatic carbocycles. The third-order valence-electron chi connectivity index (χ3n) is 6.57. The Morgan fingerprint density at radius 1 is 0.759 bits per heavy atom. The molecule has 0 amide bonds. The molecule has 2 aromatic rings. The van der Waals surface area contributed by atoms with E-state index in [0.717, 1.165) is 18.3 Å². The summed E-state index contributed by atoms with van der Waals surface area (Å²) in [7, 11) is 0. The molecule has 0 heterocycles. The summed E-state index contributed by atoms with van der Waals surface area (Å²) in [4.78, 5) is 0. The van der Waals surface area contributed by atoms with E-state index in [-0.39, 0.29) is 6.67 Å². The summed E-state index contributed by atoms with van der Waals surface area (Å²) in [6.45, 7) is 1.91. The molecule has 1 aliphatic rings. The topological polar surface area (TPSA) is 0 Å². The smallest absolute Gasteiger partial charge is 0.0928 e. The van der Waals surface area contributed by atoms with Crippen molar-refractivity contribution in [3.63, 3.8) is 0 Å². The molecule has 0 unspecified atom stereocenters. The van der Waals surface area contributed by atoms with Crippen molar-refractivity contribution in [3.05, 3.63) is 71.8 Å². The van der Waals surface area contributed by atoms with Gasteiger partial charge in [-0.15, -0.1) is 0 Å². The summed E-state index contributed by atoms with van der Waals surface area (Å²) in [6.07, 6.45) is 16.7. The number of rotatable bonds is 10. The molecule has 1 heteroatoms. The van der Waals surface area contributed by atoms with Crippen LogP contribution in [0.5, 0.6) is 0 Å². The minimum Gasteiger partial charge on any atom is -0.251 e. The zero-order chi connectivity index (χ0) is 20.3. The normalized spacial score (nSPS) is 19.7. The van der Waals surface area contributed by atoms with Gasteiger partial charge < -0.3 is 0 Å². The molecular formula is C28H37F. The molecule has 3 rings (SSSR count). The third kappa shape index (κ3) is 7.46. The first-order chi connectivity index (χ1) is 14.2. The lowest BCUT2D eigenvalue weighted by molar-refractivity contribution is 0.250. The summed E-state index contributed by atoms with van der Waals surface area (Å²) in [5.74, 6) is 1.84. The van der Waals surface area contributed by atoms with Crippen molar-refractivity contribution < 1.29 is 4.39 Å². The Labute approximate surface area is 177 Å². The van der Waals surface area contributed by atoms with Crippen LogP contribution in [0.25, 0.3) is 11.1 Å². The molecular weight excluding hydrogens is 355 g/mol. The molecule has 0 radical (unpaired) electrons. The highest BCUT2D eigenvalue weighted by Crippen LogP contribution is 2.34. The van der Waals surface area contributed by atoms with Gasteiger partial charge in [0.2, 0.25) is 0 Å². The Morgan fingerprint density at radius 2 is 1.31 bits per heavy atom. The van der Waals surface area contributed by atoms with Crippen LogP contribution in [0.4, 0.5) is 4.39 Å². The number of hydrogen-bond donors (Lipinski definition) is 0. The van der Waals surface area contributed by atoms with E-state index in [1.165, 1.54) is 73.6 Å². The van der Waals surface area contributed by atoms with Gasteiger partial charge in [-0.25, -0.2) is 0 Å². The summed E-state index contributed by atoms with van der Waals surface area (Å²) < 4.78 is 12.0. The lowest BCUT2D eigenvalue weighted by Gasteiger charge is -2.28. The second-order valence-electron chi connectivity index (χ2n) is 8.87. The SMILES string of the molecule is Cc1ccc(-c2ccc(CC[C@H]3CC[C@H](CCC/C=C/CCF)CC3)cc2)cc1. The third-order valence-corrected chi connectivity index (χ3v) is 6.57. The summed E-state index contributed by atoms with van der Waals surface area (Å²) in [5, 5.41) is 0. The van der Waals surface area contributed by atoms with Crippen molar-refractivity contribution in [3.8, 4) is 11.1 Å². The van der Waals surface area contributed by atoms with E-state index in [1.54, 1.807) is 0 Å². The Balaban J connectivity index is 1.34. The number of unbranched alkanes of at least 4 members (excludes halogenated alkanes) is 1. The van der Waals surface area contributed by atoms with Gasteiger partial charge in [-0.2, -0.15) is 0 Å². The molecule has 0 bridgehead atoms. The maximum absolute atomic E-state index is 12.0. The van der Waals surface area contributed by atoms with Crippen LogP contribution in [-0.2, 0) is 6.42 Å². The van der Waals surface area contributed by atoms with Crippen LogP contribution >= 0.6 is 0 Å². The van der Waals surface area contributed by atoms with Crippen LogP contribution in [0.2, 0.25) is 0 Å². The maximum atomic E-state index is 12.0. The van der Waals surface area contributed by atoms with Gasteiger partial charge in [-0.05, 0) is 67.6 Å². The Hall–Kier alpha value is -1.89. The van der Waals surface area contributed by atoms with Crippen LogP contribution in [0, 0.1) is 18.8 Å². The molecule has 1 saturated carbocycles. The van der Waals surface area contributed by atoms with Gasteiger partial charge >= 0.3 is 0 Å². The van der Waals surface area contributed by atoms with E-state index in [2.05, 4.69) is 61.5 Å². The molecule has 0 saturated heterocycles. The molecule has 29 heavy (non-hydrogen) atoms. The standard InChI is InChI=1S/C28H37F/c1-23-8-18-27(19-9-23)28-20-16-26(17-21-28)15-14-25-12-10-24(11-13-25)7-5-3-2-4-6-22-29/h2,4,8-9,16-21,24-25H,3,5-7,10-15,22H2,1H3/b4-2+/t24-,25-. The van der Waals surface area contributed by atoms with E-state index in [1.807, 2.05) is 6.08 Å². The summed E-state index contributed by atoms with van der Waals surface area (Å²) >= 11 is 0. The lowest BCUT2D eigenvalue weighted by atomic mass is 9.78. The maximum Gasteiger partial charge on any atom is 0.0928 e. The predicted octanol–water partition coefficient (Wildman–Crippen LogP) is 8.49. The first-order valence-corrected chi connectivity index (χ1v) is 11.6. The first kappa shape index (κ1) is 21.8. The van der Waals surface area contributed by atoms with Crippen molar-refractivity contribution in [1.29, 1.82) is 0 Å². The summed E-state index contributed by atoms with van der Waals surface area (Å²) in [6, 6.07) is 18.0. The molecule has 0 spiro atoms. The predicted molar refractivity (Wildman–Crippen MR) is 124 cm³/mol. The zero-order valence-electron chi connectivity index (χ0n) is 18.1. The van der Waals surface area contributed by atoms with Gasteiger partial charge in [-0.1, -0.05) is 98.4 Å². The zero-order valence-corrected chi connectivity index (χ0v) is 18.1. The first-order valence-electron chi connectivity index (χ1n) is 11.6. The number of halogens is 1. The van der Waals surface area contributed by atoms with E-state index in [0.29, 0.717) is 6.42 Å². The molecule has 0 atom stereocenters. The van der Waals surface area contributed by atoms with Crippen LogP contribution in [0.1, 0.15) is 68.9 Å². The van der Waals surface area contributed by atoms with E-state index in [9.17, 15) is 4.39 Å².